The maximum absolute atomic E-state index is 11.3. The molecule has 6 nitrogen and oxygen atoms in total. The molecule has 20 heavy (non-hydrogen) atoms. The maximum Gasteiger partial charge on any atom is 0.373 e. The molecule has 0 aliphatic carbocycles. The number of hydrogen-bond acceptors (Lipinski definition) is 6. The summed E-state index contributed by atoms with van der Waals surface area (Å²) in [6.07, 6.45) is 2.36. The molecule has 2 heterocycles. The smallest absolute Gasteiger partial charge is 0.373 e. The first-order chi connectivity index (χ1) is 9.72. The van der Waals surface area contributed by atoms with E-state index in [1.165, 1.54) is 13.5 Å². The molecule has 0 aromatic carbocycles. The van der Waals surface area contributed by atoms with Gasteiger partial charge in [-0.2, -0.15) is 0 Å². The highest BCUT2D eigenvalue weighted by atomic mass is 16.5. The molecule has 0 bridgehead atoms. The van der Waals surface area contributed by atoms with E-state index in [2.05, 4.69) is 15.0 Å². The van der Waals surface area contributed by atoms with E-state index in [0.29, 0.717) is 24.9 Å². The summed E-state index contributed by atoms with van der Waals surface area (Å²) < 4.78 is 10.1. The van der Waals surface area contributed by atoms with Crippen molar-refractivity contribution in [3.05, 3.63) is 23.7 Å². The van der Waals surface area contributed by atoms with E-state index in [1.54, 1.807) is 12.1 Å². The molecule has 1 aromatic heterocycles. The molecule has 112 valence electrons. The molecule has 1 atom stereocenters. The highest BCUT2D eigenvalue weighted by molar-refractivity contribution is 5.86. The summed E-state index contributed by atoms with van der Waals surface area (Å²) in [4.78, 5) is 13.5. The van der Waals surface area contributed by atoms with Gasteiger partial charge >= 0.3 is 5.97 Å². The van der Waals surface area contributed by atoms with Crippen molar-refractivity contribution in [2.45, 2.75) is 25.4 Å². The normalized spacial score (nSPS) is 18.6. The van der Waals surface area contributed by atoms with Gasteiger partial charge < -0.3 is 19.6 Å². The van der Waals surface area contributed by atoms with Crippen LogP contribution in [0.3, 0.4) is 0 Å². The standard InChI is InChI=1S/C14H22N2O4/c1-19-14(18)13-5-4-12(20-13)10-16(7-8-17)9-11-3-2-6-15-11/h4-5,11,15,17H,2-3,6-10H2,1H3. The summed E-state index contributed by atoms with van der Waals surface area (Å²) in [5.41, 5.74) is 0. The van der Waals surface area contributed by atoms with E-state index in [9.17, 15) is 4.79 Å². The van der Waals surface area contributed by atoms with Crippen LogP contribution in [0.5, 0.6) is 0 Å². The lowest BCUT2D eigenvalue weighted by atomic mass is 10.2. The van der Waals surface area contributed by atoms with Crippen LogP contribution in [0.1, 0.15) is 29.2 Å². The number of methoxy groups -OCH3 is 1. The second-order valence-corrected chi connectivity index (χ2v) is 5.01. The molecule has 1 aliphatic rings. The Hall–Kier alpha value is -1.37. The fourth-order valence-electron chi connectivity index (χ4n) is 2.49. The van der Waals surface area contributed by atoms with Crippen molar-refractivity contribution in [2.24, 2.45) is 0 Å². The van der Waals surface area contributed by atoms with Gasteiger partial charge in [-0.15, -0.1) is 0 Å². The van der Waals surface area contributed by atoms with Gasteiger partial charge in [0.2, 0.25) is 5.76 Å². The molecule has 2 N–H and O–H groups in total. The maximum atomic E-state index is 11.3. The topological polar surface area (TPSA) is 74.9 Å². The highest BCUT2D eigenvalue weighted by Gasteiger charge is 2.19. The Morgan fingerprint density at radius 3 is 3.10 bits per heavy atom. The van der Waals surface area contributed by atoms with E-state index < -0.39 is 5.97 Å². The molecule has 1 aliphatic heterocycles. The van der Waals surface area contributed by atoms with Gasteiger partial charge in [0.1, 0.15) is 5.76 Å². The summed E-state index contributed by atoms with van der Waals surface area (Å²) in [7, 11) is 1.33. The van der Waals surface area contributed by atoms with Crippen molar-refractivity contribution in [1.82, 2.24) is 10.2 Å². The lowest BCUT2D eigenvalue weighted by Gasteiger charge is -2.23. The molecule has 0 radical (unpaired) electrons. The van der Waals surface area contributed by atoms with Crippen LogP contribution in [0.2, 0.25) is 0 Å². The van der Waals surface area contributed by atoms with Crippen LogP contribution in [0, 0.1) is 0 Å². The van der Waals surface area contributed by atoms with E-state index in [0.717, 1.165) is 19.5 Å². The van der Waals surface area contributed by atoms with Crippen LogP contribution in [0.15, 0.2) is 16.5 Å². The Bertz CT molecular complexity index is 427. The molecular formula is C14H22N2O4. The van der Waals surface area contributed by atoms with Gasteiger partial charge in [-0.25, -0.2) is 4.79 Å². The molecule has 1 aromatic rings. The Morgan fingerprint density at radius 2 is 2.45 bits per heavy atom. The minimum absolute atomic E-state index is 0.108. The summed E-state index contributed by atoms with van der Waals surface area (Å²) >= 11 is 0. The van der Waals surface area contributed by atoms with E-state index in [1.807, 2.05) is 0 Å². The summed E-state index contributed by atoms with van der Waals surface area (Å²) in [5, 5.41) is 12.6. The molecule has 1 fully saturated rings. The fourth-order valence-corrected chi connectivity index (χ4v) is 2.49. The zero-order chi connectivity index (χ0) is 14.4. The summed E-state index contributed by atoms with van der Waals surface area (Å²) in [5.74, 6) is 0.449. The van der Waals surface area contributed by atoms with Crippen LogP contribution in [0.25, 0.3) is 0 Å². The van der Waals surface area contributed by atoms with Gasteiger partial charge in [0.15, 0.2) is 0 Å². The zero-order valence-corrected chi connectivity index (χ0v) is 11.8. The number of aliphatic hydroxyl groups is 1. The van der Waals surface area contributed by atoms with Crippen molar-refractivity contribution in [3.8, 4) is 0 Å². The third kappa shape index (κ3) is 4.06. The number of aliphatic hydroxyl groups excluding tert-OH is 1. The van der Waals surface area contributed by atoms with Gasteiger partial charge in [-0.05, 0) is 31.5 Å². The Kier molecular flexibility index (Phi) is 5.58. The van der Waals surface area contributed by atoms with Crippen molar-refractivity contribution in [1.29, 1.82) is 0 Å². The number of carbonyl (C=O) groups is 1. The third-order valence-electron chi connectivity index (χ3n) is 3.48. The van der Waals surface area contributed by atoms with Crippen LogP contribution >= 0.6 is 0 Å². The van der Waals surface area contributed by atoms with Gasteiger partial charge in [-0.3, -0.25) is 4.90 Å². The van der Waals surface area contributed by atoms with E-state index in [4.69, 9.17) is 9.52 Å². The van der Waals surface area contributed by atoms with Gasteiger partial charge in [0.05, 0.1) is 20.3 Å². The molecular weight excluding hydrogens is 260 g/mol. The third-order valence-corrected chi connectivity index (χ3v) is 3.48. The number of ether oxygens (including phenoxy) is 1. The number of nitrogens with one attached hydrogen (secondary N) is 1. The average Bonchev–Trinajstić information content (AvgIpc) is 3.10. The second kappa shape index (κ2) is 7.42. The number of furan rings is 1. The zero-order valence-electron chi connectivity index (χ0n) is 11.8. The molecule has 1 unspecified atom stereocenters. The van der Waals surface area contributed by atoms with Crippen LogP contribution in [-0.4, -0.2) is 55.4 Å². The largest absolute Gasteiger partial charge is 0.463 e. The van der Waals surface area contributed by atoms with Crippen molar-refractivity contribution in [2.75, 3.05) is 33.4 Å². The Morgan fingerprint density at radius 1 is 1.60 bits per heavy atom. The van der Waals surface area contributed by atoms with Crippen molar-refractivity contribution >= 4 is 5.97 Å². The minimum atomic E-state index is -0.470. The Labute approximate surface area is 118 Å². The first kappa shape index (κ1) is 15.0. The predicted octanol–water partition coefficient (Wildman–Crippen LogP) is 0.612. The minimum Gasteiger partial charge on any atom is -0.463 e. The fraction of sp³-hybridized carbons (Fsp3) is 0.643. The SMILES string of the molecule is COC(=O)c1ccc(CN(CCO)CC2CCCN2)o1. The van der Waals surface area contributed by atoms with Crippen molar-refractivity contribution in [3.63, 3.8) is 0 Å². The van der Waals surface area contributed by atoms with Crippen LogP contribution in [0.4, 0.5) is 0 Å². The number of carbonyl (C=O) groups excluding carboxylic acids is 1. The monoisotopic (exact) mass is 282 g/mol. The van der Waals surface area contributed by atoms with Gasteiger partial charge in [0, 0.05) is 19.1 Å². The number of nitrogens with zero attached hydrogens (tertiary/aromatic N) is 1. The van der Waals surface area contributed by atoms with E-state index in [-0.39, 0.29) is 12.4 Å². The molecule has 0 amide bonds. The molecule has 2 rings (SSSR count). The molecule has 0 saturated carbocycles. The summed E-state index contributed by atoms with van der Waals surface area (Å²) in [6, 6.07) is 3.86. The van der Waals surface area contributed by atoms with Gasteiger partial charge in [-0.1, -0.05) is 0 Å². The first-order valence-corrected chi connectivity index (χ1v) is 6.96. The summed E-state index contributed by atoms with van der Waals surface area (Å²) in [6.45, 7) is 3.21. The average molecular weight is 282 g/mol. The lowest BCUT2D eigenvalue weighted by Crippen LogP contribution is -2.38. The Balaban J connectivity index is 1.92. The number of esters is 1. The second-order valence-electron chi connectivity index (χ2n) is 5.01. The van der Waals surface area contributed by atoms with E-state index >= 15 is 0 Å². The number of rotatable bonds is 7. The van der Waals surface area contributed by atoms with Gasteiger partial charge in [0.25, 0.3) is 0 Å². The first-order valence-electron chi connectivity index (χ1n) is 6.96. The molecule has 6 heteroatoms. The number of hydrogen-bond donors (Lipinski definition) is 2. The quantitative estimate of drug-likeness (QED) is 0.714. The lowest BCUT2D eigenvalue weighted by molar-refractivity contribution is 0.0560. The van der Waals surface area contributed by atoms with Crippen LogP contribution in [-0.2, 0) is 11.3 Å². The molecule has 1 saturated heterocycles. The predicted molar refractivity (Wildman–Crippen MR) is 73.4 cm³/mol. The van der Waals surface area contributed by atoms with Crippen molar-refractivity contribution < 1.29 is 19.1 Å². The van der Waals surface area contributed by atoms with Crippen LogP contribution < -0.4 is 5.32 Å². The molecule has 0 spiro atoms. The highest BCUT2D eigenvalue weighted by Crippen LogP contribution is 2.13.